The van der Waals surface area contributed by atoms with E-state index < -0.39 is 29.1 Å². The van der Waals surface area contributed by atoms with Gasteiger partial charge in [-0.3, -0.25) is 9.63 Å². The smallest absolute Gasteiger partial charge is 0.416 e. The Morgan fingerprint density at radius 2 is 1.78 bits per heavy atom. The van der Waals surface area contributed by atoms with Crippen LogP contribution in [0.15, 0.2) is 59.8 Å². The maximum absolute atomic E-state index is 13.1. The molecule has 32 heavy (non-hydrogen) atoms. The molecule has 0 aliphatic heterocycles. The van der Waals surface area contributed by atoms with Gasteiger partial charge in [0.25, 0.3) is 5.09 Å². The van der Waals surface area contributed by atoms with Crippen molar-refractivity contribution in [3.05, 3.63) is 81.4 Å². The molecule has 0 amide bonds. The molecule has 0 saturated carbocycles. The van der Waals surface area contributed by atoms with Crippen molar-refractivity contribution in [1.29, 1.82) is 0 Å². The molecule has 172 valence electrons. The standard InChI is InChI=1S/C21H21F3N2O6/c1-15(32-26(28)29)31-19(27)12-5-6-13-30-25-20(16-8-3-2-4-9-16)17-10-7-11-18(14-17)21(22,23)24/h2-4,7-11,14-15H,5-6,12-13H2,1H3/b25-20-. The monoisotopic (exact) mass is 454 g/mol. The van der Waals surface area contributed by atoms with Crippen LogP contribution in [0, 0.1) is 10.1 Å². The first-order valence-corrected chi connectivity index (χ1v) is 9.60. The van der Waals surface area contributed by atoms with Crippen molar-refractivity contribution in [3.8, 4) is 0 Å². The van der Waals surface area contributed by atoms with E-state index in [0.717, 1.165) is 12.1 Å². The number of nitrogens with zero attached hydrogens (tertiary/aromatic N) is 2. The van der Waals surface area contributed by atoms with E-state index in [1.165, 1.54) is 19.1 Å². The minimum Gasteiger partial charge on any atom is -0.435 e. The summed E-state index contributed by atoms with van der Waals surface area (Å²) >= 11 is 0. The lowest BCUT2D eigenvalue weighted by atomic mass is 10.0. The van der Waals surface area contributed by atoms with E-state index in [0.29, 0.717) is 18.4 Å². The molecule has 0 heterocycles. The van der Waals surface area contributed by atoms with Gasteiger partial charge in [-0.05, 0) is 31.9 Å². The third kappa shape index (κ3) is 8.25. The largest absolute Gasteiger partial charge is 0.435 e. The summed E-state index contributed by atoms with van der Waals surface area (Å²) in [5.41, 5.74) is 0.263. The van der Waals surface area contributed by atoms with Crippen LogP contribution in [-0.4, -0.2) is 29.7 Å². The molecule has 2 aromatic rings. The first kappa shape index (κ1) is 24.6. The van der Waals surface area contributed by atoms with Crippen molar-refractivity contribution in [3.63, 3.8) is 0 Å². The minimum atomic E-state index is -4.49. The van der Waals surface area contributed by atoms with Crippen LogP contribution in [-0.2, 0) is 25.4 Å². The Morgan fingerprint density at radius 3 is 2.44 bits per heavy atom. The fourth-order valence-corrected chi connectivity index (χ4v) is 2.64. The van der Waals surface area contributed by atoms with Gasteiger partial charge in [-0.15, -0.1) is 10.1 Å². The van der Waals surface area contributed by atoms with Crippen LogP contribution in [0.25, 0.3) is 0 Å². The zero-order valence-corrected chi connectivity index (χ0v) is 17.1. The Hall–Kier alpha value is -3.63. The molecule has 0 aromatic heterocycles. The molecule has 8 nitrogen and oxygen atoms in total. The second-order valence-electron chi connectivity index (χ2n) is 6.56. The number of alkyl halides is 3. The lowest BCUT2D eigenvalue weighted by Gasteiger charge is -2.11. The molecule has 2 rings (SSSR count). The molecular weight excluding hydrogens is 433 g/mol. The third-order valence-electron chi connectivity index (χ3n) is 4.06. The first-order chi connectivity index (χ1) is 15.2. The van der Waals surface area contributed by atoms with Gasteiger partial charge in [0.05, 0.1) is 5.56 Å². The summed E-state index contributed by atoms with van der Waals surface area (Å²) in [4.78, 5) is 31.1. The van der Waals surface area contributed by atoms with Crippen molar-refractivity contribution in [2.24, 2.45) is 5.16 Å². The summed E-state index contributed by atoms with van der Waals surface area (Å²) in [5.74, 6) is -0.670. The van der Waals surface area contributed by atoms with Gasteiger partial charge < -0.3 is 9.57 Å². The highest BCUT2D eigenvalue weighted by atomic mass is 19.4. The van der Waals surface area contributed by atoms with Crippen molar-refractivity contribution in [1.82, 2.24) is 0 Å². The summed E-state index contributed by atoms with van der Waals surface area (Å²) < 4.78 is 43.9. The van der Waals surface area contributed by atoms with Gasteiger partial charge in [0.2, 0.25) is 6.29 Å². The van der Waals surface area contributed by atoms with E-state index in [-0.39, 0.29) is 24.3 Å². The summed E-state index contributed by atoms with van der Waals surface area (Å²) in [6, 6.07) is 13.4. The zero-order chi connectivity index (χ0) is 23.6. The van der Waals surface area contributed by atoms with Crippen molar-refractivity contribution >= 4 is 11.7 Å². The fourth-order valence-electron chi connectivity index (χ4n) is 2.64. The predicted molar refractivity (Wildman–Crippen MR) is 107 cm³/mol. The Kier molecular flexibility index (Phi) is 8.99. The molecule has 1 atom stereocenters. The van der Waals surface area contributed by atoms with Crippen molar-refractivity contribution in [2.75, 3.05) is 6.61 Å². The van der Waals surface area contributed by atoms with E-state index in [9.17, 15) is 28.1 Å². The molecule has 0 spiro atoms. The van der Waals surface area contributed by atoms with Crippen molar-refractivity contribution < 1.29 is 37.5 Å². The number of halogens is 3. The van der Waals surface area contributed by atoms with Gasteiger partial charge in [0.1, 0.15) is 12.3 Å². The van der Waals surface area contributed by atoms with E-state index in [4.69, 9.17) is 9.57 Å². The summed E-state index contributed by atoms with van der Waals surface area (Å²) in [6.07, 6.45) is -5.07. The summed E-state index contributed by atoms with van der Waals surface area (Å²) in [6.45, 7) is 1.32. The number of rotatable bonds is 11. The summed E-state index contributed by atoms with van der Waals surface area (Å²) in [7, 11) is 0. The quantitative estimate of drug-likeness (QED) is 0.121. The van der Waals surface area contributed by atoms with E-state index in [2.05, 4.69) is 9.99 Å². The Labute approximate surface area is 181 Å². The average Bonchev–Trinajstić information content (AvgIpc) is 2.72. The van der Waals surface area contributed by atoms with E-state index >= 15 is 0 Å². The molecule has 0 bridgehead atoms. The first-order valence-electron chi connectivity index (χ1n) is 9.60. The van der Waals surface area contributed by atoms with E-state index in [1.807, 2.05) is 0 Å². The van der Waals surface area contributed by atoms with Crippen LogP contribution in [0.5, 0.6) is 0 Å². The highest BCUT2D eigenvalue weighted by molar-refractivity contribution is 6.12. The molecule has 0 radical (unpaired) electrons. The minimum absolute atomic E-state index is 0.0162. The molecular formula is C21H21F3N2O6. The van der Waals surface area contributed by atoms with Gasteiger partial charge in [0.15, 0.2) is 0 Å². The lowest BCUT2D eigenvalue weighted by molar-refractivity contribution is -0.777. The maximum Gasteiger partial charge on any atom is 0.416 e. The molecule has 0 saturated heterocycles. The van der Waals surface area contributed by atoms with Gasteiger partial charge >= 0.3 is 12.1 Å². The molecule has 1 unspecified atom stereocenters. The van der Waals surface area contributed by atoms with Gasteiger partial charge in [-0.1, -0.05) is 47.6 Å². The molecule has 0 aliphatic carbocycles. The number of unbranched alkanes of at least 4 members (excludes halogenated alkanes) is 1. The van der Waals surface area contributed by atoms with E-state index in [1.54, 1.807) is 30.3 Å². The number of hydrogen-bond donors (Lipinski definition) is 0. The van der Waals surface area contributed by atoms with Crippen LogP contribution in [0.2, 0.25) is 0 Å². The molecule has 11 heteroatoms. The number of esters is 1. The van der Waals surface area contributed by atoms with Gasteiger partial charge in [0, 0.05) is 17.5 Å². The second kappa shape index (κ2) is 11.7. The Bertz CT molecular complexity index is 935. The Morgan fingerprint density at radius 1 is 1.09 bits per heavy atom. The highest BCUT2D eigenvalue weighted by Gasteiger charge is 2.30. The number of benzene rings is 2. The highest BCUT2D eigenvalue weighted by Crippen LogP contribution is 2.30. The van der Waals surface area contributed by atoms with Crippen LogP contribution in [0.1, 0.15) is 42.9 Å². The fraction of sp³-hybridized carbons (Fsp3) is 0.333. The van der Waals surface area contributed by atoms with Crippen molar-refractivity contribution in [2.45, 2.75) is 38.7 Å². The number of hydrogen-bond acceptors (Lipinski definition) is 7. The van der Waals surface area contributed by atoms with Gasteiger partial charge in [-0.25, -0.2) is 0 Å². The predicted octanol–water partition coefficient (Wildman–Crippen LogP) is 4.74. The molecule has 0 N–H and O–H groups in total. The zero-order valence-electron chi connectivity index (χ0n) is 17.1. The Balaban J connectivity index is 1.96. The average molecular weight is 454 g/mol. The number of ether oxygens (including phenoxy) is 1. The molecule has 2 aromatic carbocycles. The second-order valence-corrected chi connectivity index (χ2v) is 6.56. The molecule has 0 fully saturated rings. The van der Waals surface area contributed by atoms with Crippen LogP contribution in [0.4, 0.5) is 13.2 Å². The number of oxime groups is 1. The summed E-state index contributed by atoms with van der Waals surface area (Å²) in [5, 5.41) is 13.1. The van der Waals surface area contributed by atoms with Crippen LogP contribution in [0.3, 0.4) is 0 Å². The van der Waals surface area contributed by atoms with Crippen LogP contribution >= 0.6 is 0 Å². The topological polar surface area (TPSA) is 100 Å². The molecule has 0 aliphatic rings. The lowest BCUT2D eigenvalue weighted by Crippen LogP contribution is -2.20. The van der Waals surface area contributed by atoms with Gasteiger partial charge in [-0.2, -0.15) is 13.2 Å². The number of carbonyl (C=O) groups is 1. The normalized spacial score (nSPS) is 12.7. The SMILES string of the molecule is CC(OC(=O)CCCCO/N=C(/c1ccccc1)c1cccc(C(F)(F)F)c1)O[N+](=O)[O-]. The number of carbonyl (C=O) groups excluding carboxylic acids is 1. The third-order valence-corrected chi connectivity index (χ3v) is 4.06. The van der Waals surface area contributed by atoms with Crippen LogP contribution < -0.4 is 0 Å². The maximum atomic E-state index is 13.1.